The van der Waals surface area contributed by atoms with E-state index >= 15 is 0 Å². The first-order chi connectivity index (χ1) is 25.0. The summed E-state index contributed by atoms with van der Waals surface area (Å²) in [6, 6.07) is 36.3. The van der Waals surface area contributed by atoms with Crippen LogP contribution in [0.1, 0.15) is 63.5 Å². The van der Waals surface area contributed by atoms with Crippen LogP contribution in [0.25, 0.3) is 50.9 Å². The van der Waals surface area contributed by atoms with Crippen LogP contribution in [0.15, 0.2) is 145 Å². The number of allylic oxidation sites excluding steroid dienone is 8. The van der Waals surface area contributed by atoms with Gasteiger partial charge in [0.15, 0.2) is 17.5 Å². The maximum absolute atomic E-state index is 5.15. The Hall–Kier alpha value is -5.15. The second kappa shape index (κ2) is 11.7. The fourth-order valence-corrected chi connectivity index (χ4v) is 10.4. The highest BCUT2D eigenvalue weighted by Crippen LogP contribution is 2.67. The van der Waals surface area contributed by atoms with Crippen molar-refractivity contribution in [3.8, 4) is 45.3 Å². The molecule has 2 fully saturated rings. The second-order valence-corrected chi connectivity index (χ2v) is 15.9. The molecule has 3 atom stereocenters. The minimum absolute atomic E-state index is 0.115. The van der Waals surface area contributed by atoms with Crippen molar-refractivity contribution < 1.29 is 0 Å². The molecule has 1 heterocycles. The van der Waals surface area contributed by atoms with Crippen molar-refractivity contribution in [3.05, 3.63) is 156 Å². The molecule has 51 heavy (non-hydrogen) atoms. The molecule has 250 valence electrons. The minimum Gasteiger partial charge on any atom is -0.208 e. The lowest BCUT2D eigenvalue weighted by atomic mass is 9.60. The molecule has 1 spiro atoms. The number of hydrogen-bond donors (Lipinski definition) is 0. The van der Waals surface area contributed by atoms with Crippen molar-refractivity contribution in [1.29, 1.82) is 0 Å². The van der Waals surface area contributed by atoms with E-state index in [1.807, 2.05) is 18.2 Å². The Bertz CT molecular complexity index is 2280. The quantitative estimate of drug-likeness (QED) is 0.192. The van der Waals surface area contributed by atoms with Crippen LogP contribution in [-0.4, -0.2) is 15.0 Å². The Morgan fingerprint density at radius 1 is 0.608 bits per heavy atom. The van der Waals surface area contributed by atoms with E-state index in [1.165, 1.54) is 71.9 Å². The summed E-state index contributed by atoms with van der Waals surface area (Å²) < 4.78 is 0. The maximum Gasteiger partial charge on any atom is 0.164 e. The van der Waals surface area contributed by atoms with Crippen LogP contribution in [0.3, 0.4) is 0 Å². The third-order valence-corrected chi connectivity index (χ3v) is 12.9. The van der Waals surface area contributed by atoms with Crippen molar-refractivity contribution in [2.24, 2.45) is 23.2 Å². The van der Waals surface area contributed by atoms with Crippen LogP contribution in [0.2, 0.25) is 0 Å². The average Bonchev–Trinajstić information content (AvgIpc) is 3.58. The first kappa shape index (κ1) is 30.7. The van der Waals surface area contributed by atoms with E-state index in [2.05, 4.69) is 129 Å². The molecule has 0 saturated heterocycles. The summed E-state index contributed by atoms with van der Waals surface area (Å²) in [6.07, 6.45) is 20.8. The summed E-state index contributed by atoms with van der Waals surface area (Å²) in [4.78, 5) is 15.3. The van der Waals surface area contributed by atoms with E-state index in [1.54, 1.807) is 5.57 Å². The van der Waals surface area contributed by atoms with Crippen LogP contribution in [0.5, 0.6) is 0 Å². The van der Waals surface area contributed by atoms with Crippen LogP contribution >= 0.6 is 0 Å². The van der Waals surface area contributed by atoms with Gasteiger partial charge in [0.05, 0.1) is 0 Å². The molecule has 5 aromatic rings. The number of benzene rings is 4. The summed E-state index contributed by atoms with van der Waals surface area (Å²) in [5, 5.41) is 0. The molecule has 3 unspecified atom stereocenters. The SMILES string of the molecule is CC1(C)C2=CC3C4=CC=CCC4C4(CCCCC4)C3C=C2c2ccc(-c3nc(-c4ccccc4)nc(-c4ccc(-c5ccccc5)cc4)n3)cc21. The third kappa shape index (κ3) is 4.81. The van der Waals surface area contributed by atoms with Crippen molar-refractivity contribution >= 4 is 5.57 Å². The molecular formula is C48H43N3. The molecule has 1 aromatic heterocycles. The van der Waals surface area contributed by atoms with E-state index in [4.69, 9.17) is 15.0 Å². The largest absolute Gasteiger partial charge is 0.208 e. The fourth-order valence-electron chi connectivity index (χ4n) is 10.4. The van der Waals surface area contributed by atoms with Crippen LogP contribution in [0, 0.1) is 23.2 Å². The third-order valence-electron chi connectivity index (χ3n) is 12.9. The van der Waals surface area contributed by atoms with Gasteiger partial charge in [-0.1, -0.05) is 166 Å². The number of aromatic nitrogens is 3. The molecule has 5 aliphatic carbocycles. The van der Waals surface area contributed by atoms with E-state index in [-0.39, 0.29) is 5.41 Å². The lowest BCUT2D eigenvalue weighted by Gasteiger charge is -2.44. The predicted octanol–water partition coefficient (Wildman–Crippen LogP) is 11.9. The van der Waals surface area contributed by atoms with Crippen LogP contribution in [0.4, 0.5) is 0 Å². The lowest BCUT2D eigenvalue weighted by Crippen LogP contribution is -2.35. The van der Waals surface area contributed by atoms with Gasteiger partial charge in [0.25, 0.3) is 0 Å². The summed E-state index contributed by atoms with van der Waals surface area (Å²) in [6.45, 7) is 4.84. The van der Waals surface area contributed by atoms with Gasteiger partial charge in [-0.05, 0) is 76.0 Å². The molecule has 0 radical (unpaired) electrons. The summed E-state index contributed by atoms with van der Waals surface area (Å²) in [5.74, 6) is 3.88. The molecule has 4 aromatic carbocycles. The van der Waals surface area contributed by atoms with Crippen LogP contribution < -0.4 is 0 Å². The standard InChI is InChI=1S/C48H43N3/c1-47(2)41-28-35(24-25-37(41)38-30-43-39(29-42(38)47)36-18-10-11-19-40(36)48(43)26-12-5-13-27-48)46-50-44(33-16-8-4-9-17-33)49-45(51-46)34-22-20-32(21-23-34)31-14-6-3-7-15-31/h3-4,6-11,14-18,20-25,28-30,39-40,43H,5,12-13,19,26-27H2,1-2H3. The second-order valence-electron chi connectivity index (χ2n) is 15.9. The normalized spacial score (nSPS) is 23.4. The van der Waals surface area contributed by atoms with E-state index in [0.29, 0.717) is 40.6 Å². The first-order valence-electron chi connectivity index (χ1n) is 18.9. The summed E-state index contributed by atoms with van der Waals surface area (Å²) >= 11 is 0. The highest BCUT2D eigenvalue weighted by atomic mass is 15.0. The Morgan fingerprint density at radius 3 is 1.90 bits per heavy atom. The van der Waals surface area contributed by atoms with Crippen molar-refractivity contribution in [2.45, 2.75) is 57.8 Å². The van der Waals surface area contributed by atoms with Crippen LogP contribution in [-0.2, 0) is 5.41 Å². The summed E-state index contributed by atoms with van der Waals surface area (Å²) in [5.41, 5.74) is 13.1. The highest BCUT2D eigenvalue weighted by molar-refractivity contribution is 5.92. The zero-order valence-corrected chi connectivity index (χ0v) is 29.5. The van der Waals surface area contributed by atoms with Gasteiger partial charge < -0.3 is 0 Å². The fraction of sp³-hybridized carbons (Fsp3) is 0.271. The Morgan fingerprint density at radius 2 is 1.20 bits per heavy atom. The number of hydrogen-bond acceptors (Lipinski definition) is 3. The summed E-state index contributed by atoms with van der Waals surface area (Å²) in [7, 11) is 0. The van der Waals surface area contributed by atoms with Gasteiger partial charge in [-0.2, -0.15) is 0 Å². The topological polar surface area (TPSA) is 38.7 Å². The Labute approximate surface area is 301 Å². The molecule has 0 aliphatic heterocycles. The zero-order valence-electron chi connectivity index (χ0n) is 29.5. The van der Waals surface area contributed by atoms with Gasteiger partial charge in [-0.15, -0.1) is 0 Å². The molecule has 5 aliphatic rings. The molecule has 3 heteroatoms. The van der Waals surface area contributed by atoms with Gasteiger partial charge in [-0.25, -0.2) is 15.0 Å². The van der Waals surface area contributed by atoms with E-state index in [9.17, 15) is 0 Å². The number of fused-ring (bicyclic) bond motifs is 8. The van der Waals surface area contributed by atoms with Crippen molar-refractivity contribution in [3.63, 3.8) is 0 Å². The number of rotatable bonds is 4. The van der Waals surface area contributed by atoms with E-state index < -0.39 is 0 Å². The first-order valence-corrected chi connectivity index (χ1v) is 18.9. The molecule has 3 nitrogen and oxygen atoms in total. The zero-order chi connectivity index (χ0) is 34.2. The van der Waals surface area contributed by atoms with Gasteiger partial charge in [0.2, 0.25) is 0 Å². The van der Waals surface area contributed by atoms with E-state index in [0.717, 1.165) is 16.7 Å². The molecular weight excluding hydrogens is 619 g/mol. The molecule has 0 bridgehead atoms. The molecule has 0 amide bonds. The molecule has 10 rings (SSSR count). The average molecular weight is 662 g/mol. The molecule has 0 N–H and O–H groups in total. The highest BCUT2D eigenvalue weighted by Gasteiger charge is 2.57. The maximum atomic E-state index is 5.15. The van der Waals surface area contributed by atoms with Gasteiger partial charge in [0, 0.05) is 28.0 Å². The van der Waals surface area contributed by atoms with Crippen molar-refractivity contribution in [1.82, 2.24) is 15.0 Å². The predicted molar refractivity (Wildman–Crippen MR) is 208 cm³/mol. The molecule has 2 saturated carbocycles. The van der Waals surface area contributed by atoms with Gasteiger partial charge in [-0.3, -0.25) is 0 Å². The van der Waals surface area contributed by atoms with Gasteiger partial charge >= 0.3 is 0 Å². The lowest BCUT2D eigenvalue weighted by molar-refractivity contribution is 0.0961. The smallest absolute Gasteiger partial charge is 0.164 e. The monoisotopic (exact) mass is 661 g/mol. The van der Waals surface area contributed by atoms with Crippen molar-refractivity contribution in [2.75, 3.05) is 0 Å². The Balaban J connectivity index is 1.07. The van der Waals surface area contributed by atoms with Gasteiger partial charge in [0.1, 0.15) is 0 Å². The minimum atomic E-state index is -0.115. The number of nitrogens with zero attached hydrogens (tertiary/aromatic N) is 3. The Kier molecular flexibility index (Phi) is 7.03.